The van der Waals surface area contributed by atoms with Crippen LogP contribution in [0.5, 0.6) is 0 Å². The molecule has 0 saturated carbocycles. The highest BCUT2D eigenvalue weighted by Gasteiger charge is 2.40. The number of nitrogens with one attached hydrogen (secondary N) is 1. The molecule has 0 bridgehead atoms. The SMILES string of the molecule is CCCN1C(=S)N[C@@H](c2ccccn2)[C@H]1c1cc(C)n(-c2cccc(C)c2)c1C. The first-order chi connectivity index (χ1) is 14.0. The minimum absolute atomic E-state index is 0.0432. The second-order valence-electron chi connectivity index (χ2n) is 7.82. The van der Waals surface area contributed by atoms with Gasteiger partial charge in [-0.15, -0.1) is 0 Å². The minimum atomic E-state index is 0.0432. The van der Waals surface area contributed by atoms with Gasteiger partial charge < -0.3 is 14.8 Å². The van der Waals surface area contributed by atoms with E-state index in [1.54, 1.807) is 0 Å². The molecule has 0 aliphatic carbocycles. The summed E-state index contributed by atoms with van der Waals surface area (Å²) in [4.78, 5) is 6.97. The van der Waals surface area contributed by atoms with Crippen molar-refractivity contribution in [2.24, 2.45) is 0 Å². The summed E-state index contributed by atoms with van der Waals surface area (Å²) in [6.07, 6.45) is 2.90. The lowest BCUT2D eigenvalue weighted by molar-refractivity contribution is 0.316. The number of pyridine rings is 1. The topological polar surface area (TPSA) is 33.1 Å². The van der Waals surface area contributed by atoms with Crippen LogP contribution < -0.4 is 5.32 Å². The number of benzene rings is 1. The Balaban J connectivity index is 1.84. The number of aryl methyl sites for hydroxylation is 2. The predicted molar refractivity (Wildman–Crippen MR) is 122 cm³/mol. The molecule has 2 atom stereocenters. The molecule has 0 spiro atoms. The zero-order valence-electron chi connectivity index (χ0n) is 17.5. The van der Waals surface area contributed by atoms with Gasteiger partial charge in [0.2, 0.25) is 0 Å². The molecule has 1 aromatic carbocycles. The quantitative estimate of drug-likeness (QED) is 0.594. The first kappa shape index (κ1) is 19.6. The fourth-order valence-electron chi connectivity index (χ4n) is 4.48. The Morgan fingerprint density at radius 3 is 2.59 bits per heavy atom. The normalized spacial score (nSPS) is 18.9. The lowest BCUT2D eigenvalue weighted by Crippen LogP contribution is -2.30. The summed E-state index contributed by atoms with van der Waals surface area (Å²) in [5, 5.41) is 4.36. The minimum Gasteiger partial charge on any atom is -0.352 e. The third-order valence-electron chi connectivity index (χ3n) is 5.71. The van der Waals surface area contributed by atoms with Gasteiger partial charge in [-0.25, -0.2) is 0 Å². The van der Waals surface area contributed by atoms with Crippen molar-refractivity contribution < 1.29 is 0 Å². The molecule has 0 unspecified atom stereocenters. The van der Waals surface area contributed by atoms with Crippen molar-refractivity contribution in [2.45, 2.75) is 46.2 Å². The van der Waals surface area contributed by atoms with E-state index in [0.717, 1.165) is 23.8 Å². The molecular weight excluding hydrogens is 376 g/mol. The smallest absolute Gasteiger partial charge is 0.170 e. The van der Waals surface area contributed by atoms with E-state index in [1.165, 1.54) is 28.2 Å². The number of hydrogen-bond acceptors (Lipinski definition) is 2. The van der Waals surface area contributed by atoms with Crippen LogP contribution in [0.15, 0.2) is 54.7 Å². The van der Waals surface area contributed by atoms with Gasteiger partial charge in [0.25, 0.3) is 0 Å². The molecule has 150 valence electrons. The molecule has 5 heteroatoms. The van der Waals surface area contributed by atoms with E-state index in [9.17, 15) is 0 Å². The van der Waals surface area contributed by atoms with Gasteiger partial charge in [0.15, 0.2) is 5.11 Å². The van der Waals surface area contributed by atoms with E-state index in [4.69, 9.17) is 12.2 Å². The summed E-state index contributed by atoms with van der Waals surface area (Å²) in [5.74, 6) is 0. The highest BCUT2D eigenvalue weighted by molar-refractivity contribution is 7.80. The number of hydrogen-bond donors (Lipinski definition) is 1. The molecule has 1 aliphatic rings. The van der Waals surface area contributed by atoms with Crippen molar-refractivity contribution in [3.8, 4) is 5.69 Å². The molecular formula is C24H28N4S. The van der Waals surface area contributed by atoms with Crippen LogP contribution in [0.2, 0.25) is 0 Å². The van der Waals surface area contributed by atoms with Crippen LogP contribution in [0.4, 0.5) is 0 Å². The van der Waals surface area contributed by atoms with Crippen LogP contribution in [0.1, 0.15) is 53.6 Å². The molecule has 3 heterocycles. The van der Waals surface area contributed by atoms with Gasteiger partial charge in [-0.1, -0.05) is 25.1 Å². The van der Waals surface area contributed by atoms with Crippen LogP contribution in [0.25, 0.3) is 5.69 Å². The maximum Gasteiger partial charge on any atom is 0.170 e. The highest BCUT2D eigenvalue weighted by Crippen LogP contribution is 2.41. The molecule has 0 amide bonds. The summed E-state index contributed by atoms with van der Waals surface area (Å²) in [7, 11) is 0. The molecule has 1 N–H and O–H groups in total. The van der Waals surface area contributed by atoms with Crippen molar-refractivity contribution in [2.75, 3.05) is 6.54 Å². The van der Waals surface area contributed by atoms with Crippen LogP contribution in [0.3, 0.4) is 0 Å². The van der Waals surface area contributed by atoms with Crippen LogP contribution in [-0.4, -0.2) is 26.1 Å². The van der Waals surface area contributed by atoms with Crippen molar-refractivity contribution in [3.63, 3.8) is 0 Å². The number of rotatable bonds is 5. The standard InChI is InChI=1S/C24H28N4S/c1-5-13-27-23(22(26-24(27)29)21-11-6-7-12-25-21)20-15-17(3)28(18(20)4)19-10-8-9-16(2)14-19/h6-12,14-15,22-23H,5,13H2,1-4H3,(H,26,29)/t22-,23+/m0/s1. The zero-order valence-corrected chi connectivity index (χ0v) is 18.3. The van der Waals surface area contributed by atoms with Gasteiger partial charge in [-0.2, -0.15) is 0 Å². The number of thiocarbonyl (C=S) groups is 1. The maximum absolute atomic E-state index is 5.73. The van der Waals surface area contributed by atoms with E-state index in [1.807, 2.05) is 18.3 Å². The molecule has 29 heavy (non-hydrogen) atoms. The van der Waals surface area contributed by atoms with Gasteiger partial charge in [0, 0.05) is 29.8 Å². The lowest BCUT2D eigenvalue weighted by Gasteiger charge is -2.27. The van der Waals surface area contributed by atoms with Crippen molar-refractivity contribution in [1.29, 1.82) is 0 Å². The summed E-state index contributed by atoms with van der Waals surface area (Å²) in [6, 6.07) is 17.2. The first-order valence-electron chi connectivity index (χ1n) is 10.2. The highest BCUT2D eigenvalue weighted by atomic mass is 32.1. The molecule has 0 radical (unpaired) electrons. The number of aromatic nitrogens is 2. The second-order valence-corrected chi connectivity index (χ2v) is 8.21. The van der Waals surface area contributed by atoms with E-state index >= 15 is 0 Å². The summed E-state index contributed by atoms with van der Waals surface area (Å²) in [5.41, 5.74) is 7.29. The Bertz CT molecular complexity index is 1020. The number of nitrogens with zero attached hydrogens (tertiary/aromatic N) is 3. The fraction of sp³-hybridized carbons (Fsp3) is 0.333. The zero-order chi connectivity index (χ0) is 20.5. The largest absolute Gasteiger partial charge is 0.352 e. The average Bonchev–Trinajstić information content (AvgIpc) is 3.18. The van der Waals surface area contributed by atoms with Gasteiger partial charge in [-0.05, 0) is 80.9 Å². The van der Waals surface area contributed by atoms with Crippen molar-refractivity contribution in [1.82, 2.24) is 19.8 Å². The Morgan fingerprint density at radius 1 is 1.07 bits per heavy atom. The Labute approximate surface area is 178 Å². The van der Waals surface area contributed by atoms with Crippen molar-refractivity contribution >= 4 is 17.3 Å². The first-order valence-corrected chi connectivity index (χ1v) is 10.7. The van der Waals surface area contributed by atoms with E-state index < -0.39 is 0 Å². The predicted octanol–water partition coefficient (Wildman–Crippen LogP) is 5.18. The molecule has 4 rings (SSSR count). The summed E-state index contributed by atoms with van der Waals surface area (Å²) in [6.45, 7) is 9.65. The third-order valence-corrected chi connectivity index (χ3v) is 6.06. The lowest BCUT2D eigenvalue weighted by atomic mass is 9.96. The summed E-state index contributed by atoms with van der Waals surface area (Å²) >= 11 is 5.73. The van der Waals surface area contributed by atoms with E-state index in [-0.39, 0.29) is 12.1 Å². The molecule has 1 aliphatic heterocycles. The van der Waals surface area contributed by atoms with E-state index in [0.29, 0.717) is 0 Å². The molecule has 2 aromatic heterocycles. The van der Waals surface area contributed by atoms with Crippen LogP contribution in [-0.2, 0) is 0 Å². The van der Waals surface area contributed by atoms with Gasteiger partial charge in [0.05, 0.1) is 17.8 Å². The van der Waals surface area contributed by atoms with Crippen LogP contribution in [0, 0.1) is 20.8 Å². The molecule has 1 saturated heterocycles. The average molecular weight is 405 g/mol. The maximum atomic E-state index is 5.73. The van der Waals surface area contributed by atoms with Crippen LogP contribution >= 0.6 is 12.2 Å². The van der Waals surface area contributed by atoms with Gasteiger partial charge in [-0.3, -0.25) is 4.98 Å². The Hall–Kier alpha value is -2.66. The monoisotopic (exact) mass is 404 g/mol. The Kier molecular flexibility index (Phi) is 5.41. The second kappa shape index (κ2) is 7.99. The molecule has 3 aromatic rings. The van der Waals surface area contributed by atoms with E-state index in [2.05, 4.69) is 83.9 Å². The van der Waals surface area contributed by atoms with Gasteiger partial charge in [0.1, 0.15) is 0 Å². The Morgan fingerprint density at radius 2 is 1.90 bits per heavy atom. The van der Waals surface area contributed by atoms with Gasteiger partial charge >= 0.3 is 0 Å². The fourth-order valence-corrected chi connectivity index (χ4v) is 4.81. The third kappa shape index (κ3) is 3.55. The van der Waals surface area contributed by atoms with Crippen molar-refractivity contribution in [3.05, 3.63) is 82.9 Å². The molecule has 4 nitrogen and oxygen atoms in total. The molecule has 1 fully saturated rings. The summed E-state index contributed by atoms with van der Waals surface area (Å²) < 4.78 is 2.35.